The summed E-state index contributed by atoms with van der Waals surface area (Å²) in [5.74, 6) is -0.305. The van der Waals surface area contributed by atoms with Crippen molar-refractivity contribution in [2.45, 2.75) is 11.7 Å². The first kappa shape index (κ1) is 18.5. The van der Waals surface area contributed by atoms with Gasteiger partial charge in [0.25, 0.3) is 5.12 Å². The van der Waals surface area contributed by atoms with Crippen LogP contribution in [0.5, 0.6) is 0 Å². The number of hydrogen-bond donors (Lipinski definition) is 0. The molecule has 0 N–H and O–H groups in total. The van der Waals surface area contributed by atoms with Gasteiger partial charge in [-0.1, -0.05) is 36.0 Å². The molecule has 0 fully saturated rings. The molecule has 2 radical (unpaired) electrons. The van der Waals surface area contributed by atoms with Crippen LogP contribution in [0.2, 0.25) is 0 Å². The minimum Gasteiger partial charge on any atom is -0.278 e. The van der Waals surface area contributed by atoms with Crippen molar-refractivity contribution in [1.82, 2.24) is 14.8 Å². The minimum atomic E-state index is -0.306. The summed E-state index contributed by atoms with van der Waals surface area (Å²) in [6.45, 7) is 0. The molecule has 0 bridgehead atoms. The molecule has 1 heterocycles. The molecule has 3 aromatic rings. The Hall–Kier alpha value is -2.32. The maximum Gasteiger partial charge on any atom is 0.256 e. The predicted molar refractivity (Wildman–Crippen MR) is 98.3 cm³/mol. The fourth-order valence-electron chi connectivity index (χ4n) is 2.55. The van der Waals surface area contributed by atoms with Gasteiger partial charge in [0.1, 0.15) is 18.0 Å². The van der Waals surface area contributed by atoms with Crippen molar-refractivity contribution < 1.29 is 13.6 Å². The second-order valence-corrected chi connectivity index (χ2v) is 7.55. The fraction of sp³-hybridized carbons (Fsp3) is 0.167. The van der Waals surface area contributed by atoms with E-state index in [-0.39, 0.29) is 22.3 Å². The Labute approximate surface area is 156 Å². The lowest BCUT2D eigenvalue weighted by Gasteiger charge is -2.18. The summed E-state index contributed by atoms with van der Waals surface area (Å²) in [6.07, 6.45) is 3.54. The number of hydrogen-bond acceptors (Lipinski definition) is 4. The first-order valence-electron chi connectivity index (χ1n) is 7.79. The molecule has 8 heteroatoms. The molecule has 1 aromatic heterocycles. The van der Waals surface area contributed by atoms with Crippen LogP contribution in [0.4, 0.5) is 8.78 Å². The zero-order chi connectivity index (χ0) is 18.5. The van der Waals surface area contributed by atoms with Crippen LogP contribution in [0.1, 0.15) is 27.3 Å². The molecule has 0 atom stereocenters. The van der Waals surface area contributed by atoms with Gasteiger partial charge in [0.2, 0.25) is 5.82 Å². The second-order valence-electron chi connectivity index (χ2n) is 5.47. The topological polar surface area (TPSA) is 47.8 Å². The highest BCUT2D eigenvalue weighted by atomic mass is 32.2. The summed E-state index contributed by atoms with van der Waals surface area (Å²) < 4.78 is 28.2. The van der Waals surface area contributed by atoms with Crippen molar-refractivity contribution in [3.8, 4) is 0 Å². The molecule has 4 nitrogen and oxygen atoms in total. The van der Waals surface area contributed by atoms with E-state index < -0.39 is 0 Å². The van der Waals surface area contributed by atoms with Crippen LogP contribution >= 0.6 is 11.8 Å². The molecule has 26 heavy (non-hydrogen) atoms. The lowest BCUT2D eigenvalue weighted by molar-refractivity contribution is 0.107. The molecule has 0 aliphatic carbocycles. The molecule has 3 rings (SSSR count). The van der Waals surface area contributed by atoms with Gasteiger partial charge in [-0.3, -0.25) is 4.79 Å². The average molecular weight is 387 g/mol. The second kappa shape index (κ2) is 8.37. The molecule has 0 aliphatic rings. The van der Waals surface area contributed by atoms with Crippen LogP contribution in [0, 0.1) is 11.6 Å². The molecule has 2 aromatic carbocycles. The lowest BCUT2D eigenvalue weighted by atomic mass is 10.0. The SMILES string of the molecule is CSC(=O)c1ncnn1C[Si]C(c1ccc(F)cc1)c1ccc(F)cc1. The van der Waals surface area contributed by atoms with Gasteiger partial charge in [0.05, 0.1) is 9.52 Å². The monoisotopic (exact) mass is 387 g/mol. The first-order valence-corrected chi connectivity index (χ1v) is 10.3. The van der Waals surface area contributed by atoms with Gasteiger partial charge in [0, 0.05) is 11.7 Å². The summed E-state index contributed by atoms with van der Waals surface area (Å²) in [5.41, 5.74) is 1.79. The molecule has 0 amide bonds. The third kappa shape index (κ3) is 4.25. The number of nitrogens with zero attached hydrogens (tertiary/aromatic N) is 3. The van der Waals surface area contributed by atoms with Crippen molar-refractivity contribution in [2.75, 3.05) is 6.26 Å². The van der Waals surface area contributed by atoms with Crippen LogP contribution < -0.4 is 0 Å². The van der Waals surface area contributed by atoms with Gasteiger partial charge in [-0.15, -0.1) is 0 Å². The average Bonchev–Trinajstić information content (AvgIpc) is 3.12. The summed E-state index contributed by atoms with van der Waals surface area (Å²) in [5, 5.41) is 3.99. The zero-order valence-corrected chi connectivity index (χ0v) is 15.7. The summed E-state index contributed by atoms with van der Waals surface area (Å²) in [4.78, 5) is 15.9. The largest absolute Gasteiger partial charge is 0.278 e. The van der Waals surface area contributed by atoms with Crippen LogP contribution in [0.3, 0.4) is 0 Å². The minimum absolute atomic E-state index is 0.0577. The Morgan fingerprint density at radius 1 is 1.08 bits per heavy atom. The molecule has 0 unspecified atom stereocenters. The highest BCUT2D eigenvalue weighted by Gasteiger charge is 2.19. The number of carbonyl (C=O) groups is 1. The molecule has 0 saturated carbocycles. The molecule has 0 saturated heterocycles. The molecule has 132 valence electrons. The third-order valence-corrected chi connectivity index (χ3v) is 5.95. The van der Waals surface area contributed by atoms with Crippen molar-refractivity contribution in [1.29, 1.82) is 0 Å². The van der Waals surface area contributed by atoms with Gasteiger partial charge in [-0.25, -0.2) is 18.4 Å². The quantitative estimate of drug-likeness (QED) is 0.608. The molecule has 0 aliphatic heterocycles. The molecular weight excluding hydrogens is 372 g/mol. The van der Waals surface area contributed by atoms with Crippen LogP contribution in [-0.2, 0) is 6.17 Å². The predicted octanol–water partition coefficient (Wildman–Crippen LogP) is 3.51. The Kier molecular flexibility index (Phi) is 5.95. The lowest BCUT2D eigenvalue weighted by Crippen LogP contribution is -2.20. The number of aromatic nitrogens is 3. The number of halogens is 2. The normalized spacial score (nSPS) is 11.1. The van der Waals surface area contributed by atoms with E-state index in [2.05, 4.69) is 10.1 Å². The maximum absolute atomic E-state index is 13.3. The van der Waals surface area contributed by atoms with E-state index in [1.54, 1.807) is 35.2 Å². The summed E-state index contributed by atoms with van der Waals surface area (Å²) in [6, 6.07) is 12.6. The standard InChI is InChI=1S/C18H15F2N3OSSi/c1-25-18(24)17-21-10-22-23(17)11-26-16(12-2-6-14(19)7-3-12)13-4-8-15(20)9-5-13/h2-10,16H,11H2,1H3. The van der Waals surface area contributed by atoms with Crippen molar-refractivity contribution in [3.63, 3.8) is 0 Å². The number of carbonyl (C=O) groups excluding carboxylic acids is 1. The van der Waals surface area contributed by atoms with E-state index in [0.29, 0.717) is 21.5 Å². The van der Waals surface area contributed by atoms with E-state index in [9.17, 15) is 13.6 Å². The number of benzene rings is 2. The Morgan fingerprint density at radius 3 is 2.12 bits per heavy atom. The van der Waals surface area contributed by atoms with Crippen molar-refractivity contribution in [3.05, 3.63) is 83.4 Å². The Balaban J connectivity index is 1.87. The fourth-order valence-corrected chi connectivity index (χ4v) is 4.33. The van der Waals surface area contributed by atoms with Gasteiger partial charge in [0.15, 0.2) is 0 Å². The Morgan fingerprint density at radius 2 is 1.62 bits per heavy atom. The van der Waals surface area contributed by atoms with E-state index in [0.717, 1.165) is 22.9 Å². The van der Waals surface area contributed by atoms with Crippen LogP contribution in [-0.4, -0.2) is 35.7 Å². The maximum atomic E-state index is 13.3. The van der Waals surface area contributed by atoms with Gasteiger partial charge in [-0.2, -0.15) is 5.10 Å². The summed E-state index contributed by atoms with van der Waals surface area (Å²) in [7, 11) is 0.311. The molecular formula is C18H15F2N3OSSi. The number of thioether (sulfide) groups is 1. The zero-order valence-electron chi connectivity index (χ0n) is 13.9. The smallest absolute Gasteiger partial charge is 0.256 e. The molecule has 0 spiro atoms. The van der Waals surface area contributed by atoms with Crippen LogP contribution in [0.25, 0.3) is 0 Å². The van der Waals surface area contributed by atoms with Crippen molar-refractivity contribution in [2.24, 2.45) is 0 Å². The van der Waals surface area contributed by atoms with Crippen LogP contribution in [0.15, 0.2) is 54.9 Å². The Bertz CT molecular complexity index is 839. The highest BCUT2D eigenvalue weighted by molar-refractivity contribution is 8.13. The summed E-state index contributed by atoms with van der Waals surface area (Å²) >= 11 is 1.08. The van der Waals surface area contributed by atoms with Crippen molar-refractivity contribution >= 4 is 26.4 Å². The van der Waals surface area contributed by atoms with Gasteiger partial charge < -0.3 is 0 Å². The van der Waals surface area contributed by atoms with E-state index in [1.165, 1.54) is 30.6 Å². The van der Waals surface area contributed by atoms with E-state index >= 15 is 0 Å². The third-order valence-electron chi connectivity index (χ3n) is 3.84. The van der Waals surface area contributed by atoms with E-state index in [1.807, 2.05) is 0 Å². The van der Waals surface area contributed by atoms with E-state index in [4.69, 9.17) is 0 Å². The first-order chi connectivity index (χ1) is 12.6. The number of rotatable bonds is 6. The van der Waals surface area contributed by atoms with Gasteiger partial charge >= 0.3 is 0 Å². The highest BCUT2D eigenvalue weighted by Crippen LogP contribution is 2.25. The van der Waals surface area contributed by atoms with Gasteiger partial charge in [-0.05, 0) is 41.6 Å².